The highest BCUT2D eigenvalue weighted by molar-refractivity contribution is 6.11. The van der Waals surface area contributed by atoms with Gasteiger partial charge in [0.2, 0.25) is 0 Å². The highest BCUT2D eigenvalue weighted by atomic mass is 16.6. The van der Waals surface area contributed by atoms with Gasteiger partial charge in [0, 0.05) is 16.2 Å². The first-order chi connectivity index (χ1) is 31.9. The summed E-state index contributed by atoms with van der Waals surface area (Å²) in [6, 6.07) is 61.5. The number of benzene rings is 9. The van der Waals surface area contributed by atoms with Crippen LogP contribution in [0.25, 0.3) is 21.5 Å². The summed E-state index contributed by atoms with van der Waals surface area (Å²) in [6.45, 7) is 1.10. The fourth-order valence-corrected chi connectivity index (χ4v) is 7.09. The molecule has 9 aromatic carbocycles. The van der Waals surface area contributed by atoms with Crippen LogP contribution in [0.5, 0.6) is 34.5 Å². The second-order valence-corrected chi connectivity index (χ2v) is 15.0. The van der Waals surface area contributed by atoms with Crippen molar-refractivity contribution < 1.29 is 42.8 Å². The van der Waals surface area contributed by atoms with Crippen molar-refractivity contribution >= 4 is 39.5 Å². The average Bonchev–Trinajstić information content (AvgIpc) is 3.36. The summed E-state index contributed by atoms with van der Waals surface area (Å²) in [4.78, 5) is 41.6. The first kappa shape index (κ1) is 41.7. The van der Waals surface area contributed by atoms with E-state index >= 15 is 0 Å². The van der Waals surface area contributed by atoms with Gasteiger partial charge in [-0.2, -0.15) is 0 Å². The van der Waals surface area contributed by atoms with E-state index in [-0.39, 0.29) is 28.4 Å². The van der Waals surface area contributed by atoms with Gasteiger partial charge >= 0.3 is 17.9 Å². The summed E-state index contributed by atoms with van der Waals surface area (Å²) in [5, 5.41) is 2.12. The maximum Gasteiger partial charge on any atom is 0.343 e. The molecule has 0 aliphatic rings. The van der Waals surface area contributed by atoms with Crippen molar-refractivity contribution in [2.45, 2.75) is 19.8 Å². The molecule has 0 fully saturated rings. The molecule has 9 rings (SSSR count). The molecule has 0 saturated carbocycles. The molecule has 318 valence electrons. The largest absolute Gasteiger partial charge is 0.489 e. The molecule has 0 aliphatic carbocycles. The third-order valence-corrected chi connectivity index (χ3v) is 10.5. The summed E-state index contributed by atoms with van der Waals surface area (Å²) in [5.41, 5.74) is 3.78. The summed E-state index contributed by atoms with van der Waals surface area (Å²) >= 11 is 0. The molecular weight excluding hydrogens is 817 g/mol. The molecule has 9 nitrogen and oxygen atoms in total. The number of esters is 3. The number of carbonyl (C=O) groups excluding carboxylic acids is 3. The van der Waals surface area contributed by atoms with Crippen molar-refractivity contribution in [2.75, 3.05) is 0 Å². The number of hydrogen-bond donors (Lipinski definition) is 0. The van der Waals surface area contributed by atoms with Gasteiger partial charge in [0.05, 0.1) is 16.7 Å². The molecular formula is C56H40O9. The smallest absolute Gasteiger partial charge is 0.343 e. The zero-order valence-electron chi connectivity index (χ0n) is 34.9. The summed E-state index contributed by atoms with van der Waals surface area (Å²) in [5.74, 6) is -0.136. The molecule has 0 amide bonds. The van der Waals surface area contributed by atoms with Crippen LogP contribution in [-0.2, 0) is 19.8 Å². The minimum atomic E-state index is -0.717. The Balaban J connectivity index is 1.01. The van der Waals surface area contributed by atoms with Gasteiger partial charge in [0.25, 0.3) is 0 Å². The number of hydrogen-bond acceptors (Lipinski definition) is 9. The SMILES string of the molecule is O=C(Oc1ccc2c(OC(=O)c3ccc(OCc4ccccc4)cc3)c3ccccc3cc2c1OC(=O)c1ccc(OCc2ccccc2)cc1)c1ccc(OCc2ccccc2)cc1. The van der Waals surface area contributed by atoms with E-state index in [1.165, 1.54) is 6.07 Å². The monoisotopic (exact) mass is 856 g/mol. The Labute approximate surface area is 374 Å². The molecule has 65 heavy (non-hydrogen) atoms. The Morgan fingerprint density at radius 3 is 1.15 bits per heavy atom. The van der Waals surface area contributed by atoms with E-state index in [4.69, 9.17) is 28.4 Å². The van der Waals surface area contributed by atoms with Crippen LogP contribution >= 0.6 is 0 Å². The number of fused-ring (bicyclic) bond motifs is 2. The fraction of sp³-hybridized carbons (Fsp3) is 0.0536. The topological polar surface area (TPSA) is 107 Å². The maximum atomic E-state index is 14.0. The normalized spacial score (nSPS) is 10.8. The van der Waals surface area contributed by atoms with Crippen LogP contribution in [0.4, 0.5) is 0 Å². The lowest BCUT2D eigenvalue weighted by molar-refractivity contribution is 0.0684. The van der Waals surface area contributed by atoms with Crippen LogP contribution < -0.4 is 28.4 Å². The third-order valence-electron chi connectivity index (χ3n) is 10.5. The van der Waals surface area contributed by atoms with E-state index in [1.807, 2.05) is 115 Å². The van der Waals surface area contributed by atoms with Crippen molar-refractivity contribution in [3.05, 3.63) is 240 Å². The van der Waals surface area contributed by atoms with Crippen LogP contribution in [0.2, 0.25) is 0 Å². The Morgan fingerprint density at radius 1 is 0.323 bits per heavy atom. The van der Waals surface area contributed by atoms with E-state index in [0.717, 1.165) is 16.7 Å². The maximum absolute atomic E-state index is 14.0. The molecule has 0 aliphatic heterocycles. The quantitative estimate of drug-likeness (QED) is 0.0566. The van der Waals surface area contributed by atoms with Crippen LogP contribution in [0, 0.1) is 0 Å². The van der Waals surface area contributed by atoms with Gasteiger partial charge in [-0.15, -0.1) is 0 Å². The van der Waals surface area contributed by atoms with E-state index in [9.17, 15) is 14.4 Å². The summed E-state index contributed by atoms with van der Waals surface area (Å²) < 4.78 is 36.2. The lowest BCUT2D eigenvalue weighted by atomic mass is 10.0. The molecule has 9 heteroatoms. The van der Waals surface area contributed by atoms with Gasteiger partial charge < -0.3 is 28.4 Å². The second-order valence-electron chi connectivity index (χ2n) is 15.0. The number of rotatable bonds is 15. The van der Waals surface area contributed by atoms with Gasteiger partial charge in [-0.05, 0) is 113 Å². The van der Waals surface area contributed by atoms with Crippen LogP contribution in [0.1, 0.15) is 47.8 Å². The van der Waals surface area contributed by atoms with Gasteiger partial charge in [-0.25, -0.2) is 14.4 Å². The number of ether oxygens (including phenoxy) is 6. The van der Waals surface area contributed by atoms with Crippen molar-refractivity contribution in [1.29, 1.82) is 0 Å². The third kappa shape index (κ3) is 10.2. The van der Waals surface area contributed by atoms with E-state index in [2.05, 4.69) is 0 Å². The van der Waals surface area contributed by atoms with Crippen molar-refractivity contribution in [3.8, 4) is 34.5 Å². The minimum Gasteiger partial charge on any atom is -0.489 e. The van der Waals surface area contributed by atoms with Crippen LogP contribution in [-0.4, -0.2) is 17.9 Å². The van der Waals surface area contributed by atoms with Gasteiger partial charge in [0.1, 0.15) is 42.8 Å². The van der Waals surface area contributed by atoms with Crippen LogP contribution in [0.3, 0.4) is 0 Å². The first-order valence-electron chi connectivity index (χ1n) is 20.9. The molecule has 9 aromatic rings. The number of carbonyl (C=O) groups is 3. The lowest BCUT2D eigenvalue weighted by Gasteiger charge is -2.17. The van der Waals surface area contributed by atoms with E-state index in [1.54, 1.807) is 84.9 Å². The zero-order valence-corrected chi connectivity index (χ0v) is 34.9. The Bertz CT molecular complexity index is 3080. The van der Waals surface area contributed by atoms with Crippen LogP contribution in [0.15, 0.2) is 206 Å². The zero-order chi connectivity index (χ0) is 44.4. The molecule has 0 heterocycles. The minimum absolute atomic E-state index is 0.0262. The molecule has 0 aromatic heterocycles. The predicted octanol–water partition coefficient (Wildman–Crippen LogP) is 12.4. The summed E-state index contributed by atoms with van der Waals surface area (Å²) in [7, 11) is 0. The standard InChI is InChI=1S/C56H40O9/c57-54(41-20-26-45(27-21-41)60-35-38-12-4-1-5-13-38)63-51-33-32-49-50(53(51)65-56(59)43-24-30-47(31-25-43)62-37-40-16-8-3-9-17-40)34-44-18-10-11-19-48(44)52(49)64-55(58)42-22-28-46(29-23-42)61-36-39-14-6-2-7-15-39/h1-34H,35-37H2. The highest BCUT2D eigenvalue weighted by Gasteiger charge is 2.24. The van der Waals surface area contributed by atoms with Crippen molar-refractivity contribution in [3.63, 3.8) is 0 Å². The predicted molar refractivity (Wildman–Crippen MR) is 248 cm³/mol. The molecule has 0 radical (unpaired) electrons. The molecule has 0 saturated heterocycles. The second kappa shape index (κ2) is 19.6. The molecule has 0 bridgehead atoms. The highest BCUT2D eigenvalue weighted by Crippen LogP contribution is 2.44. The summed E-state index contributed by atoms with van der Waals surface area (Å²) in [6.07, 6.45) is 0. The van der Waals surface area contributed by atoms with Gasteiger partial charge in [0.15, 0.2) is 11.5 Å². The fourth-order valence-electron chi connectivity index (χ4n) is 7.09. The molecule has 0 atom stereocenters. The molecule has 0 unspecified atom stereocenters. The van der Waals surface area contributed by atoms with Gasteiger partial charge in [-0.1, -0.05) is 115 Å². The van der Waals surface area contributed by atoms with Gasteiger partial charge in [-0.3, -0.25) is 0 Å². The van der Waals surface area contributed by atoms with Crippen molar-refractivity contribution in [1.82, 2.24) is 0 Å². The first-order valence-corrected chi connectivity index (χ1v) is 20.9. The Morgan fingerprint density at radius 2 is 0.708 bits per heavy atom. The molecule has 0 spiro atoms. The van der Waals surface area contributed by atoms with E-state index in [0.29, 0.717) is 64.2 Å². The van der Waals surface area contributed by atoms with E-state index < -0.39 is 17.9 Å². The Kier molecular flexibility index (Phi) is 12.5. The Hall–Kier alpha value is -8.69. The molecule has 0 N–H and O–H groups in total. The average molecular weight is 857 g/mol. The lowest BCUT2D eigenvalue weighted by Crippen LogP contribution is -2.13. The van der Waals surface area contributed by atoms with Crippen molar-refractivity contribution in [2.24, 2.45) is 0 Å².